The van der Waals surface area contributed by atoms with Crippen LogP contribution in [0.25, 0.3) is 10.9 Å². The van der Waals surface area contributed by atoms with E-state index < -0.39 is 11.9 Å². The Labute approximate surface area is 135 Å². The number of anilines is 1. The molecular formula is C17H20N2O4. The summed E-state index contributed by atoms with van der Waals surface area (Å²) in [6, 6.07) is 6.93. The van der Waals surface area contributed by atoms with E-state index in [2.05, 4.69) is 4.98 Å². The molecule has 6 nitrogen and oxygen atoms in total. The highest BCUT2D eigenvalue weighted by Gasteiger charge is 2.18. The maximum absolute atomic E-state index is 12.3. The van der Waals surface area contributed by atoms with Crippen molar-refractivity contribution in [3.05, 3.63) is 35.5 Å². The third kappa shape index (κ3) is 3.59. The predicted octanol–water partition coefficient (Wildman–Crippen LogP) is 2.65. The maximum atomic E-state index is 12.3. The lowest BCUT2D eigenvalue weighted by Gasteiger charge is -2.14. The lowest BCUT2D eigenvalue weighted by atomic mass is 10.1. The van der Waals surface area contributed by atoms with Gasteiger partial charge in [0.1, 0.15) is 5.69 Å². The number of hydrogen-bond donors (Lipinski definition) is 0. The zero-order valence-corrected chi connectivity index (χ0v) is 13.8. The van der Waals surface area contributed by atoms with Gasteiger partial charge in [-0.05, 0) is 38.1 Å². The van der Waals surface area contributed by atoms with Gasteiger partial charge in [-0.25, -0.2) is 14.6 Å². The van der Waals surface area contributed by atoms with Crippen LogP contribution in [0.4, 0.5) is 5.69 Å². The zero-order valence-electron chi connectivity index (χ0n) is 13.8. The highest BCUT2D eigenvalue weighted by molar-refractivity contribution is 6.06. The van der Waals surface area contributed by atoms with Crippen LogP contribution in [0.1, 0.15) is 34.7 Å². The van der Waals surface area contributed by atoms with E-state index in [1.807, 2.05) is 31.1 Å². The lowest BCUT2D eigenvalue weighted by molar-refractivity contribution is 0.0519. The summed E-state index contributed by atoms with van der Waals surface area (Å²) >= 11 is 0. The SMILES string of the molecule is CCOC(=O)c1cc(C(=O)OCC)c2cc(N(C)C)ccc2n1. The molecule has 122 valence electrons. The molecule has 0 unspecified atom stereocenters. The fourth-order valence-electron chi connectivity index (χ4n) is 2.18. The minimum atomic E-state index is -0.559. The molecular weight excluding hydrogens is 296 g/mol. The van der Waals surface area contributed by atoms with Crippen molar-refractivity contribution < 1.29 is 19.1 Å². The molecule has 0 aliphatic rings. The zero-order chi connectivity index (χ0) is 17.0. The number of carbonyl (C=O) groups excluding carboxylic acids is 2. The van der Waals surface area contributed by atoms with E-state index in [1.165, 1.54) is 6.07 Å². The van der Waals surface area contributed by atoms with Gasteiger partial charge in [0.25, 0.3) is 0 Å². The highest BCUT2D eigenvalue weighted by atomic mass is 16.5. The Kier molecular flexibility index (Phi) is 5.16. The van der Waals surface area contributed by atoms with Crippen LogP contribution in [0.3, 0.4) is 0 Å². The molecule has 0 aliphatic heterocycles. The molecule has 0 atom stereocenters. The molecule has 2 aromatic rings. The Balaban J connectivity index is 2.65. The molecule has 0 spiro atoms. The average molecular weight is 316 g/mol. The van der Waals surface area contributed by atoms with Crippen LogP contribution in [0.5, 0.6) is 0 Å². The monoisotopic (exact) mass is 316 g/mol. The average Bonchev–Trinajstić information content (AvgIpc) is 2.53. The second kappa shape index (κ2) is 7.09. The molecule has 1 aromatic heterocycles. The summed E-state index contributed by atoms with van der Waals surface area (Å²) in [7, 11) is 3.82. The van der Waals surface area contributed by atoms with E-state index in [1.54, 1.807) is 19.9 Å². The van der Waals surface area contributed by atoms with Gasteiger partial charge in [0.05, 0.1) is 24.3 Å². The van der Waals surface area contributed by atoms with Crippen molar-refractivity contribution in [2.24, 2.45) is 0 Å². The molecule has 0 bridgehead atoms. The van der Waals surface area contributed by atoms with E-state index in [4.69, 9.17) is 9.47 Å². The molecule has 0 saturated carbocycles. The van der Waals surface area contributed by atoms with Gasteiger partial charge in [-0.1, -0.05) is 0 Å². The van der Waals surface area contributed by atoms with Crippen molar-refractivity contribution in [2.45, 2.75) is 13.8 Å². The number of pyridine rings is 1. The highest BCUT2D eigenvalue weighted by Crippen LogP contribution is 2.25. The smallest absolute Gasteiger partial charge is 0.356 e. The van der Waals surface area contributed by atoms with Crippen molar-refractivity contribution in [2.75, 3.05) is 32.2 Å². The summed E-state index contributed by atoms with van der Waals surface area (Å²) in [5.74, 6) is -1.04. The van der Waals surface area contributed by atoms with Crippen LogP contribution in [0.15, 0.2) is 24.3 Å². The van der Waals surface area contributed by atoms with E-state index in [9.17, 15) is 9.59 Å². The van der Waals surface area contributed by atoms with Crippen LogP contribution < -0.4 is 4.90 Å². The normalized spacial score (nSPS) is 10.4. The Morgan fingerprint density at radius 1 is 1.04 bits per heavy atom. The van der Waals surface area contributed by atoms with Crippen LogP contribution >= 0.6 is 0 Å². The molecule has 0 radical (unpaired) electrons. The minimum absolute atomic E-state index is 0.0972. The first-order chi connectivity index (χ1) is 11.0. The number of carbonyl (C=O) groups is 2. The number of aromatic nitrogens is 1. The van der Waals surface area contributed by atoms with Crippen LogP contribution in [-0.2, 0) is 9.47 Å². The van der Waals surface area contributed by atoms with Gasteiger partial charge in [-0.2, -0.15) is 0 Å². The van der Waals surface area contributed by atoms with Gasteiger partial charge in [0, 0.05) is 25.2 Å². The fourth-order valence-corrected chi connectivity index (χ4v) is 2.18. The Bertz CT molecular complexity index is 741. The molecule has 0 saturated heterocycles. The van der Waals surface area contributed by atoms with E-state index in [0.717, 1.165) is 5.69 Å². The first kappa shape index (κ1) is 16.7. The number of benzene rings is 1. The second-order valence-electron chi connectivity index (χ2n) is 5.09. The summed E-state index contributed by atoms with van der Waals surface area (Å²) in [6.45, 7) is 3.95. The topological polar surface area (TPSA) is 68.7 Å². The van der Waals surface area contributed by atoms with Crippen LogP contribution in [0, 0.1) is 0 Å². The van der Waals surface area contributed by atoms with Crippen LogP contribution in [-0.4, -0.2) is 44.2 Å². The third-order valence-electron chi connectivity index (χ3n) is 3.29. The van der Waals surface area contributed by atoms with Crippen molar-refractivity contribution >= 4 is 28.5 Å². The number of nitrogens with zero attached hydrogens (tertiary/aromatic N) is 2. The Morgan fingerprint density at radius 3 is 2.30 bits per heavy atom. The molecule has 6 heteroatoms. The van der Waals surface area contributed by atoms with Crippen molar-refractivity contribution in [1.29, 1.82) is 0 Å². The fraction of sp³-hybridized carbons (Fsp3) is 0.353. The third-order valence-corrected chi connectivity index (χ3v) is 3.29. The largest absolute Gasteiger partial charge is 0.462 e. The summed E-state index contributed by atoms with van der Waals surface area (Å²) in [5.41, 5.74) is 1.88. The maximum Gasteiger partial charge on any atom is 0.356 e. The van der Waals surface area contributed by atoms with Gasteiger partial charge >= 0.3 is 11.9 Å². The van der Waals surface area contributed by atoms with Crippen LogP contribution in [0.2, 0.25) is 0 Å². The predicted molar refractivity (Wildman–Crippen MR) is 88.0 cm³/mol. The second-order valence-corrected chi connectivity index (χ2v) is 5.09. The first-order valence-corrected chi connectivity index (χ1v) is 7.44. The molecule has 2 rings (SSSR count). The molecule has 0 N–H and O–H groups in total. The molecule has 1 aromatic carbocycles. The first-order valence-electron chi connectivity index (χ1n) is 7.44. The van der Waals surface area contributed by atoms with E-state index in [-0.39, 0.29) is 18.9 Å². The lowest BCUT2D eigenvalue weighted by Crippen LogP contribution is -2.13. The quantitative estimate of drug-likeness (QED) is 0.790. The molecule has 0 fully saturated rings. The molecule has 0 aliphatic carbocycles. The summed E-state index contributed by atoms with van der Waals surface area (Å²) in [4.78, 5) is 30.4. The number of rotatable bonds is 5. The van der Waals surface area contributed by atoms with Crippen molar-refractivity contribution in [1.82, 2.24) is 4.98 Å². The van der Waals surface area contributed by atoms with Gasteiger partial charge in [0.2, 0.25) is 0 Å². The number of ether oxygens (including phenoxy) is 2. The Morgan fingerprint density at radius 2 is 1.70 bits per heavy atom. The number of hydrogen-bond acceptors (Lipinski definition) is 6. The minimum Gasteiger partial charge on any atom is -0.462 e. The molecule has 23 heavy (non-hydrogen) atoms. The van der Waals surface area contributed by atoms with Gasteiger partial charge < -0.3 is 14.4 Å². The summed E-state index contributed by atoms with van der Waals surface area (Å²) < 4.78 is 10.1. The molecule has 1 heterocycles. The number of esters is 2. The summed E-state index contributed by atoms with van der Waals surface area (Å²) in [5, 5.41) is 0.641. The van der Waals surface area contributed by atoms with Crippen molar-refractivity contribution in [3.8, 4) is 0 Å². The van der Waals surface area contributed by atoms with Gasteiger partial charge in [0.15, 0.2) is 0 Å². The standard InChI is InChI=1S/C17H20N2O4/c1-5-22-16(20)13-10-15(17(21)23-6-2)18-14-8-7-11(19(3)4)9-12(13)14/h7-10H,5-6H2,1-4H3. The van der Waals surface area contributed by atoms with E-state index >= 15 is 0 Å². The van der Waals surface area contributed by atoms with Crippen molar-refractivity contribution in [3.63, 3.8) is 0 Å². The van der Waals surface area contributed by atoms with Gasteiger partial charge in [-0.3, -0.25) is 0 Å². The number of fused-ring (bicyclic) bond motifs is 1. The Hall–Kier alpha value is -2.63. The summed E-state index contributed by atoms with van der Waals surface area (Å²) in [6.07, 6.45) is 0. The molecule has 0 amide bonds. The van der Waals surface area contributed by atoms with E-state index in [0.29, 0.717) is 16.5 Å². The van der Waals surface area contributed by atoms with Gasteiger partial charge in [-0.15, -0.1) is 0 Å².